The number of ketones is 1. The minimum Gasteiger partial charge on any atom is -0.480 e. The van der Waals surface area contributed by atoms with E-state index >= 15 is 0 Å². The van der Waals surface area contributed by atoms with Crippen molar-refractivity contribution in [1.29, 1.82) is 0 Å². The van der Waals surface area contributed by atoms with Crippen molar-refractivity contribution in [1.82, 2.24) is 0 Å². The first kappa shape index (κ1) is 18.8. The molecule has 0 heterocycles. The summed E-state index contributed by atoms with van der Waals surface area (Å²) in [5, 5.41) is 8.26. The number of carbonyl (C=O) groups is 2. The number of hydrogen-bond donors (Lipinski definition) is 2. The van der Waals surface area contributed by atoms with E-state index in [2.05, 4.69) is 0 Å². The lowest BCUT2D eigenvalue weighted by Crippen LogP contribution is -2.30. The summed E-state index contributed by atoms with van der Waals surface area (Å²) in [6.45, 7) is 9.41. The van der Waals surface area contributed by atoms with Gasteiger partial charge in [-0.1, -0.05) is 27.7 Å². The second-order valence-corrected chi connectivity index (χ2v) is 2.19. The van der Waals surface area contributed by atoms with Crippen molar-refractivity contribution in [3.05, 3.63) is 0 Å². The Bertz CT molecular complexity index is 146. The van der Waals surface area contributed by atoms with Crippen molar-refractivity contribution in [2.75, 3.05) is 0 Å². The summed E-state index contributed by atoms with van der Waals surface area (Å²) in [5.41, 5.74) is 5.11. The zero-order valence-electron chi connectivity index (χ0n) is 9.83. The van der Waals surface area contributed by atoms with Gasteiger partial charge in [0.2, 0.25) is 0 Å². The lowest BCUT2D eigenvalue weighted by atomic mass is 10.1. The number of hydrogen-bond acceptors (Lipinski definition) is 3. The number of nitrogens with two attached hydrogens (primary N) is 1. The van der Waals surface area contributed by atoms with Crippen molar-refractivity contribution in [3.63, 3.8) is 0 Å². The average Bonchev–Trinajstić information content (AvgIpc) is 2.20. The van der Waals surface area contributed by atoms with E-state index in [-0.39, 0.29) is 18.6 Å². The largest absolute Gasteiger partial charge is 0.480 e. The van der Waals surface area contributed by atoms with Gasteiger partial charge in [0.05, 0.1) is 0 Å². The van der Waals surface area contributed by atoms with Crippen LogP contribution in [0.15, 0.2) is 0 Å². The van der Waals surface area contributed by atoms with Crippen LogP contribution in [0.1, 0.15) is 47.5 Å². The molecule has 0 aromatic heterocycles. The second-order valence-electron chi connectivity index (χ2n) is 2.19. The molecule has 0 saturated heterocycles. The Morgan fingerprint density at radius 1 is 1.21 bits per heavy atom. The molecule has 0 amide bonds. The first-order valence-electron chi connectivity index (χ1n) is 5.02. The highest BCUT2D eigenvalue weighted by molar-refractivity contribution is 5.77. The van der Waals surface area contributed by atoms with E-state index in [0.29, 0.717) is 0 Å². The summed E-state index contributed by atoms with van der Waals surface area (Å²) in [4.78, 5) is 20.4. The zero-order valence-corrected chi connectivity index (χ0v) is 9.83. The van der Waals surface area contributed by atoms with Crippen molar-refractivity contribution in [2.24, 2.45) is 5.73 Å². The van der Waals surface area contributed by atoms with Crippen LogP contribution < -0.4 is 5.73 Å². The normalized spacial score (nSPS) is 9.86. The Morgan fingerprint density at radius 3 is 1.79 bits per heavy atom. The Kier molecular flexibility index (Phi) is 19.6. The maximum absolute atomic E-state index is 10.3. The molecule has 0 aromatic carbocycles. The molecule has 0 spiro atoms. The van der Waals surface area contributed by atoms with Gasteiger partial charge in [0.15, 0.2) is 0 Å². The summed E-state index contributed by atoms with van der Waals surface area (Å²) in [6.07, 6.45) is 0.470. The summed E-state index contributed by atoms with van der Waals surface area (Å²) in [6, 6.07) is -0.899. The molecule has 4 nitrogen and oxygen atoms in total. The van der Waals surface area contributed by atoms with Gasteiger partial charge in [-0.05, 0) is 13.3 Å². The number of carbonyl (C=O) groups excluding carboxylic acids is 1. The van der Waals surface area contributed by atoms with Crippen molar-refractivity contribution in [2.45, 2.75) is 53.5 Å². The van der Waals surface area contributed by atoms with Crippen LogP contribution in [0.5, 0.6) is 0 Å². The molecule has 0 fully saturated rings. The highest BCUT2D eigenvalue weighted by atomic mass is 16.4. The Hall–Kier alpha value is -0.900. The SMILES string of the molecule is CC.CC.CC(=O)CCC(N)C(=O)O. The van der Waals surface area contributed by atoms with Crippen LogP contribution in [0.25, 0.3) is 0 Å². The first-order chi connectivity index (χ1) is 6.54. The van der Waals surface area contributed by atoms with Crippen LogP contribution in [-0.2, 0) is 9.59 Å². The fourth-order valence-electron chi connectivity index (χ4n) is 0.482. The molecule has 0 rings (SSSR count). The van der Waals surface area contributed by atoms with Crippen LogP contribution in [0.3, 0.4) is 0 Å². The molecular weight excluding hydrogens is 182 g/mol. The van der Waals surface area contributed by atoms with E-state index in [1.165, 1.54) is 6.92 Å². The molecule has 3 N–H and O–H groups in total. The second kappa shape index (κ2) is 14.6. The average molecular weight is 205 g/mol. The minimum atomic E-state index is -1.05. The molecule has 0 aliphatic heterocycles. The predicted molar refractivity (Wildman–Crippen MR) is 58.2 cm³/mol. The van der Waals surface area contributed by atoms with Gasteiger partial charge in [0, 0.05) is 6.42 Å². The van der Waals surface area contributed by atoms with Gasteiger partial charge >= 0.3 is 5.97 Å². The standard InChI is InChI=1S/C6H11NO3.2C2H6/c1-4(8)2-3-5(7)6(9)10;2*1-2/h5H,2-3,7H2,1H3,(H,9,10);2*1-2H3. The summed E-state index contributed by atoms with van der Waals surface area (Å²) < 4.78 is 0. The highest BCUT2D eigenvalue weighted by Crippen LogP contribution is 1.94. The zero-order chi connectivity index (χ0) is 12.1. The quantitative estimate of drug-likeness (QED) is 0.733. The number of carboxylic acids is 1. The third kappa shape index (κ3) is 17.3. The molecule has 86 valence electrons. The molecule has 1 atom stereocenters. The number of Topliss-reactive ketones (excluding diaryl/α,β-unsaturated/α-hetero) is 1. The number of aliphatic carboxylic acids is 1. The van der Waals surface area contributed by atoms with E-state index in [0.717, 1.165) is 0 Å². The van der Waals surface area contributed by atoms with Gasteiger partial charge in [0.1, 0.15) is 11.8 Å². The van der Waals surface area contributed by atoms with Crippen molar-refractivity contribution >= 4 is 11.8 Å². The topological polar surface area (TPSA) is 80.4 Å². The minimum absolute atomic E-state index is 0.0308. The lowest BCUT2D eigenvalue weighted by molar-refractivity contribution is -0.138. The van der Waals surface area contributed by atoms with E-state index in [1.54, 1.807) is 0 Å². The maximum atomic E-state index is 10.3. The summed E-state index contributed by atoms with van der Waals surface area (Å²) in [5.74, 6) is -1.09. The van der Waals surface area contributed by atoms with Gasteiger partial charge in [-0.15, -0.1) is 0 Å². The van der Waals surface area contributed by atoms with Gasteiger partial charge in [-0.25, -0.2) is 0 Å². The van der Waals surface area contributed by atoms with Crippen molar-refractivity contribution in [3.8, 4) is 0 Å². The Morgan fingerprint density at radius 2 is 1.57 bits per heavy atom. The van der Waals surface area contributed by atoms with Crippen LogP contribution in [0.2, 0.25) is 0 Å². The fraction of sp³-hybridized carbons (Fsp3) is 0.800. The predicted octanol–water partition coefficient (Wildman–Crippen LogP) is 1.82. The van der Waals surface area contributed by atoms with Crippen LogP contribution in [0.4, 0.5) is 0 Å². The van der Waals surface area contributed by atoms with E-state index in [1.807, 2.05) is 27.7 Å². The van der Waals surface area contributed by atoms with Gasteiger partial charge in [-0.3, -0.25) is 4.79 Å². The van der Waals surface area contributed by atoms with Crippen molar-refractivity contribution < 1.29 is 14.7 Å². The fourth-order valence-corrected chi connectivity index (χ4v) is 0.482. The molecule has 4 heteroatoms. The monoisotopic (exact) mass is 205 g/mol. The molecular formula is C10H23NO3. The third-order valence-corrected chi connectivity index (χ3v) is 1.12. The number of rotatable bonds is 4. The summed E-state index contributed by atoms with van der Waals surface area (Å²) in [7, 11) is 0. The molecule has 0 radical (unpaired) electrons. The first-order valence-corrected chi connectivity index (χ1v) is 5.02. The summed E-state index contributed by atoms with van der Waals surface area (Å²) >= 11 is 0. The highest BCUT2D eigenvalue weighted by Gasteiger charge is 2.10. The third-order valence-electron chi connectivity index (χ3n) is 1.12. The van der Waals surface area contributed by atoms with E-state index in [9.17, 15) is 9.59 Å². The van der Waals surface area contributed by atoms with Crippen LogP contribution >= 0.6 is 0 Å². The molecule has 0 aliphatic rings. The smallest absolute Gasteiger partial charge is 0.320 e. The molecule has 14 heavy (non-hydrogen) atoms. The van der Waals surface area contributed by atoms with Crippen LogP contribution in [-0.4, -0.2) is 22.9 Å². The molecule has 1 unspecified atom stereocenters. The van der Waals surface area contributed by atoms with Gasteiger partial charge < -0.3 is 15.6 Å². The van der Waals surface area contributed by atoms with E-state index < -0.39 is 12.0 Å². The van der Waals surface area contributed by atoms with Crippen LogP contribution in [0, 0.1) is 0 Å². The molecule has 0 saturated carbocycles. The molecule has 0 aromatic rings. The Balaban J connectivity index is -0.000000266. The molecule has 0 bridgehead atoms. The molecule has 0 aliphatic carbocycles. The number of carboxylic acid groups (broad SMARTS) is 1. The maximum Gasteiger partial charge on any atom is 0.320 e. The lowest BCUT2D eigenvalue weighted by Gasteiger charge is -2.02. The van der Waals surface area contributed by atoms with E-state index in [4.69, 9.17) is 10.8 Å². The van der Waals surface area contributed by atoms with Gasteiger partial charge in [0.25, 0.3) is 0 Å². The van der Waals surface area contributed by atoms with Gasteiger partial charge in [-0.2, -0.15) is 0 Å². The Labute approximate surface area is 86.5 Å².